The number of ether oxygens (including phenoxy) is 1. The monoisotopic (exact) mass is 462 g/mol. The lowest BCUT2D eigenvalue weighted by Crippen LogP contribution is -2.33. The van der Waals surface area contributed by atoms with E-state index in [2.05, 4.69) is 36.5 Å². The lowest BCUT2D eigenvalue weighted by molar-refractivity contribution is -0.274. The molecule has 0 bridgehead atoms. The van der Waals surface area contributed by atoms with Crippen LogP contribution in [0.15, 0.2) is 72.1 Å². The maximum absolute atomic E-state index is 12.6. The van der Waals surface area contributed by atoms with Crippen molar-refractivity contribution >= 4 is 11.0 Å². The molecule has 168 valence electrons. The van der Waals surface area contributed by atoms with E-state index < -0.39 is 17.3 Å². The minimum Gasteiger partial charge on any atom is -0.406 e. The highest BCUT2D eigenvalue weighted by Crippen LogP contribution is 2.25. The fourth-order valence-corrected chi connectivity index (χ4v) is 4.64. The first-order valence-electron chi connectivity index (χ1n) is 9.96. The van der Waals surface area contributed by atoms with Crippen LogP contribution in [0.5, 0.6) is 5.75 Å². The summed E-state index contributed by atoms with van der Waals surface area (Å²) in [7, 11) is -1.63. The van der Waals surface area contributed by atoms with Crippen LogP contribution >= 0.6 is 0 Å². The van der Waals surface area contributed by atoms with Crippen molar-refractivity contribution in [3.63, 3.8) is 0 Å². The summed E-state index contributed by atoms with van der Waals surface area (Å²) in [5.74, 6) is -0.385. The van der Waals surface area contributed by atoms with Crippen LogP contribution in [0.4, 0.5) is 13.2 Å². The number of likely N-dealkylation sites (tertiary alicyclic amines) is 1. The van der Waals surface area contributed by atoms with Gasteiger partial charge in [-0.05, 0) is 35.7 Å². The van der Waals surface area contributed by atoms with Crippen LogP contribution in [0.2, 0.25) is 0 Å². The highest BCUT2D eigenvalue weighted by Gasteiger charge is 2.31. The molecule has 0 saturated carbocycles. The molecule has 0 radical (unpaired) electrons. The van der Waals surface area contributed by atoms with Gasteiger partial charge in [-0.1, -0.05) is 30.3 Å². The third-order valence-corrected chi connectivity index (χ3v) is 6.28. The Bertz CT molecular complexity index is 1060. The molecule has 2 atom stereocenters. The lowest BCUT2D eigenvalue weighted by atomic mass is 10.1. The zero-order chi connectivity index (χ0) is 22.6. The smallest absolute Gasteiger partial charge is 0.406 e. The highest BCUT2D eigenvalue weighted by molar-refractivity contribution is 7.83. The summed E-state index contributed by atoms with van der Waals surface area (Å²) in [6.07, 6.45) is 1.04. The van der Waals surface area contributed by atoms with Crippen LogP contribution in [-0.2, 0) is 17.5 Å². The maximum Gasteiger partial charge on any atom is 0.573 e. The molecule has 1 N–H and O–H groups in total. The van der Waals surface area contributed by atoms with Gasteiger partial charge in [0.2, 0.25) is 0 Å². The molecule has 1 aromatic heterocycles. The molecule has 1 aliphatic rings. The van der Waals surface area contributed by atoms with E-state index in [1.54, 1.807) is 12.4 Å². The molecule has 6 nitrogen and oxygen atoms in total. The zero-order valence-corrected chi connectivity index (χ0v) is 17.8. The molecular formula is C22H21F3N4O2S. The molecule has 0 amide bonds. The van der Waals surface area contributed by atoms with Gasteiger partial charge >= 0.3 is 6.36 Å². The first kappa shape index (κ1) is 22.4. The lowest BCUT2D eigenvalue weighted by Gasteiger charge is -2.17. The number of hydrogen-bond donors (Lipinski definition) is 1. The number of rotatable bonds is 7. The van der Waals surface area contributed by atoms with Crippen molar-refractivity contribution < 1.29 is 22.1 Å². The first-order valence-corrected chi connectivity index (χ1v) is 11.1. The SMILES string of the molecule is O=S(NC1CCN(Cc2ccc(-c3cncnc3)cc2)C1)c1cccc(OC(F)(F)F)c1. The molecule has 0 aliphatic carbocycles. The van der Waals surface area contributed by atoms with E-state index in [4.69, 9.17) is 0 Å². The molecule has 1 saturated heterocycles. The maximum atomic E-state index is 12.6. The zero-order valence-electron chi connectivity index (χ0n) is 17.0. The number of halogens is 3. The Hall–Kier alpha value is -2.82. The summed E-state index contributed by atoms with van der Waals surface area (Å²) in [5, 5.41) is 0. The third-order valence-electron chi connectivity index (χ3n) is 5.05. The van der Waals surface area contributed by atoms with Gasteiger partial charge < -0.3 is 4.74 Å². The van der Waals surface area contributed by atoms with Gasteiger partial charge in [-0.3, -0.25) is 4.90 Å². The van der Waals surface area contributed by atoms with E-state index in [0.717, 1.165) is 42.3 Å². The highest BCUT2D eigenvalue weighted by atomic mass is 32.2. The van der Waals surface area contributed by atoms with E-state index in [1.165, 1.54) is 24.5 Å². The Morgan fingerprint density at radius 3 is 2.56 bits per heavy atom. The van der Waals surface area contributed by atoms with Gasteiger partial charge in [0.25, 0.3) is 0 Å². The van der Waals surface area contributed by atoms with Crippen LogP contribution in [0.25, 0.3) is 11.1 Å². The largest absolute Gasteiger partial charge is 0.573 e. The second kappa shape index (κ2) is 9.76. The number of alkyl halides is 3. The summed E-state index contributed by atoms with van der Waals surface area (Å²) < 4.78 is 56.7. The van der Waals surface area contributed by atoms with Gasteiger partial charge in [0, 0.05) is 43.6 Å². The predicted molar refractivity (Wildman–Crippen MR) is 114 cm³/mol. The average Bonchev–Trinajstić information content (AvgIpc) is 3.20. The molecule has 10 heteroatoms. The van der Waals surface area contributed by atoms with E-state index >= 15 is 0 Å². The first-order chi connectivity index (χ1) is 15.4. The summed E-state index contributed by atoms with van der Waals surface area (Å²) in [6.45, 7) is 2.28. The number of hydrogen-bond acceptors (Lipinski definition) is 5. The second-order valence-corrected chi connectivity index (χ2v) is 8.70. The summed E-state index contributed by atoms with van der Waals surface area (Å²) in [6, 6.07) is 13.4. The summed E-state index contributed by atoms with van der Waals surface area (Å²) in [5.41, 5.74) is 3.16. The van der Waals surface area contributed by atoms with E-state index in [9.17, 15) is 17.4 Å². The van der Waals surface area contributed by atoms with Gasteiger partial charge in [-0.25, -0.2) is 18.9 Å². The predicted octanol–water partition coefficient (Wildman–Crippen LogP) is 3.93. The molecule has 0 spiro atoms. The number of benzene rings is 2. The standard InChI is InChI=1S/C22H21F3N4O2S/c23-22(24,25)31-20-2-1-3-21(10-20)32(30)28-19-8-9-29(14-19)13-16-4-6-17(7-5-16)18-11-26-15-27-12-18/h1-7,10-12,15,19,28H,8-9,13-14H2. The minimum atomic E-state index is -4.79. The van der Waals surface area contributed by atoms with Crippen LogP contribution in [0.3, 0.4) is 0 Å². The van der Waals surface area contributed by atoms with Crippen molar-refractivity contribution in [3.8, 4) is 16.9 Å². The quantitative estimate of drug-likeness (QED) is 0.576. The van der Waals surface area contributed by atoms with Crippen LogP contribution in [0, 0.1) is 0 Å². The van der Waals surface area contributed by atoms with E-state index in [1.807, 2.05) is 12.1 Å². The molecular weight excluding hydrogens is 441 g/mol. The van der Waals surface area contributed by atoms with Crippen molar-refractivity contribution in [2.24, 2.45) is 0 Å². The average molecular weight is 462 g/mol. The van der Waals surface area contributed by atoms with E-state index in [-0.39, 0.29) is 16.7 Å². The fraction of sp³-hybridized carbons (Fsp3) is 0.273. The van der Waals surface area contributed by atoms with Gasteiger partial charge in [0.15, 0.2) is 0 Å². The topological polar surface area (TPSA) is 67.4 Å². The third kappa shape index (κ3) is 6.12. The fourth-order valence-electron chi connectivity index (χ4n) is 3.59. The Balaban J connectivity index is 1.30. The number of nitrogens with one attached hydrogen (secondary N) is 1. The Labute approximate surface area is 186 Å². The Morgan fingerprint density at radius 2 is 1.84 bits per heavy atom. The Morgan fingerprint density at radius 1 is 1.09 bits per heavy atom. The van der Waals surface area contributed by atoms with E-state index in [0.29, 0.717) is 6.54 Å². The normalized spacial score (nSPS) is 17.9. The molecule has 1 fully saturated rings. The molecule has 2 heterocycles. The molecule has 2 unspecified atom stereocenters. The molecule has 2 aromatic carbocycles. The molecule has 4 rings (SSSR count). The van der Waals surface area contributed by atoms with Crippen molar-refractivity contribution in [3.05, 3.63) is 72.8 Å². The van der Waals surface area contributed by atoms with Gasteiger partial charge in [-0.15, -0.1) is 13.2 Å². The van der Waals surface area contributed by atoms with Crippen molar-refractivity contribution in [1.29, 1.82) is 0 Å². The van der Waals surface area contributed by atoms with Gasteiger partial charge in [0.05, 0.1) is 4.90 Å². The number of aromatic nitrogens is 2. The van der Waals surface area contributed by atoms with Crippen LogP contribution in [0.1, 0.15) is 12.0 Å². The van der Waals surface area contributed by atoms with Gasteiger partial charge in [-0.2, -0.15) is 0 Å². The summed E-state index contributed by atoms with van der Waals surface area (Å²) in [4.78, 5) is 10.6. The van der Waals surface area contributed by atoms with Crippen molar-refractivity contribution in [2.75, 3.05) is 13.1 Å². The van der Waals surface area contributed by atoms with Crippen LogP contribution < -0.4 is 9.46 Å². The second-order valence-electron chi connectivity index (χ2n) is 7.45. The van der Waals surface area contributed by atoms with Crippen LogP contribution in [-0.4, -0.2) is 44.6 Å². The molecule has 1 aliphatic heterocycles. The molecule has 32 heavy (non-hydrogen) atoms. The van der Waals surface area contributed by atoms with Gasteiger partial charge in [0.1, 0.15) is 23.1 Å². The summed E-state index contributed by atoms with van der Waals surface area (Å²) >= 11 is 0. The number of nitrogens with zero attached hydrogens (tertiary/aromatic N) is 3. The minimum absolute atomic E-state index is 0.0243. The van der Waals surface area contributed by atoms with Crippen molar-refractivity contribution in [1.82, 2.24) is 19.6 Å². The van der Waals surface area contributed by atoms with Crippen molar-refractivity contribution in [2.45, 2.75) is 30.3 Å². The Kier molecular flexibility index (Phi) is 6.83. The molecule has 3 aromatic rings.